The molecule has 0 bridgehead atoms. The van der Waals surface area contributed by atoms with Crippen LogP contribution in [0.5, 0.6) is 0 Å². The number of H-pyrrole nitrogens is 1. The Morgan fingerprint density at radius 2 is 2.24 bits per heavy atom. The molecule has 112 valence electrons. The van der Waals surface area contributed by atoms with Gasteiger partial charge in [-0.15, -0.1) is 0 Å². The van der Waals surface area contributed by atoms with Gasteiger partial charge in [-0.05, 0) is 31.0 Å². The molecule has 0 aliphatic carbocycles. The summed E-state index contributed by atoms with van der Waals surface area (Å²) in [5.74, 6) is -0.00743. The minimum atomic E-state index is -0.0706. The third-order valence-corrected chi connectivity index (χ3v) is 4.28. The molecule has 2 heterocycles. The number of benzene rings is 1. The minimum absolute atomic E-state index is 0.00743. The summed E-state index contributed by atoms with van der Waals surface area (Å²) in [6.45, 7) is 0.743. The van der Waals surface area contributed by atoms with Crippen molar-refractivity contribution in [1.29, 1.82) is 0 Å². The van der Waals surface area contributed by atoms with Gasteiger partial charge in [0.2, 0.25) is 0 Å². The van der Waals surface area contributed by atoms with E-state index in [1.807, 2.05) is 17.0 Å². The van der Waals surface area contributed by atoms with Gasteiger partial charge in [0.25, 0.3) is 5.91 Å². The predicted octanol–water partition coefficient (Wildman–Crippen LogP) is 2.13. The molecule has 1 saturated heterocycles. The summed E-state index contributed by atoms with van der Waals surface area (Å²) in [5, 5.41) is 10.4. The van der Waals surface area contributed by atoms with Crippen molar-refractivity contribution in [2.45, 2.75) is 31.7 Å². The molecule has 1 aliphatic rings. The van der Waals surface area contributed by atoms with Gasteiger partial charge in [0.1, 0.15) is 0 Å². The topological polar surface area (TPSA) is 82.3 Å². The normalized spacial score (nSPS) is 19.7. The van der Waals surface area contributed by atoms with Gasteiger partial charge in [0.05, 0.1) is 18.2 Å². The Morgan fingerprint density at radius 3 is 3.05 bits per heavy atom. The summed E-state index contributed by atoms with van der Waals surface area (Å²) < 4.78 is 0. The third-order valence-electron chi connectivity index (χ3n) is 4.28. The number of likely N-dealkylation sites (tertiary alicyclic amines) is 1. The second kappa shape index (κ2) is 5.77. The number of aromatic nitrogens is 1. The van der Waals surface area contributed by atoms with Crippen LogP contribution in [0.4, 0.5) is 5.69 Å². The molecule has 1 unspecified atom stereocenters. The Kier molecular flexibility index (Phi) is 3.84. The monoisotopic (exact) mass is 287 g/mol. The molecule has 2 aromatic rings. The number of nitrogens with one attached hydrogen (secondary N) is 1. The molecule has 1 aliphatic heterocycles. The summed E-state index contributed by atoms with van der Waals surface area (Å²) in [7, 11) is 0. The molecule has 1 aromatic carbocycles. The molecule has 1 aromatic heterocycles. The van der Waals surface area contributed by atoms with Crippen LogP contribution < -0.4 is 5.73 Å². The highest BCUT2D eigenvalue weighted by Gasteiger charge is 2.27. The number of aliphatic hydroxyl groups is 1. The summed E-state index contributed by atoms with van der Waals surface area (Å²) in [4.78, 5) is 17.8. The van der Waals surface area contributed by atoms with Crippen molar-refractivity contribution >= 4 is 22.5 Å². The number of fused-ring (bicyclic) bond motifs is 1. The first-order chi connectivity index (χ1) is 10.2. The van der Waals surface area contributed by atoms with Crippen LogP contribution >= 0.6 is 0 Å². The lowest BCUT2D eigenvalue weighted by atomic mass is 10.1. The molecule has 1 fully saturated rings. The van der Waals surface area contributed by atoms with Crippen molar-refractivity contribution in [3.63, 3.8) is 0 Å². The zero-order valence-electron chi connectivity index (χ0n) is 12.0. The van der Waals surface area contributed by atoms with E-state index in [9.17, 15) is 9.90 Å². The van der Waals surface area contributed by atoms with Gasteiger partial charge in [-0.25, -0.2) is 0 Å². The fraction of sp³-hybridized carbons (Fsp3) is 0.438. The highest BCUT2D eigenvalue weighted by atomic mass is 16.3. The summed E-state index contributed by atoms with van der Waals surface area (Å²) >= 11 is 0. The Labute approximate surface area is 123 Å². The van der Waals surface area contributed by atoms with E-state index in [2.05, 4.69) is 4.98 Å². The lowest BCUT2D eigenvalue weighted by Crippen LogP contribution is -2.42. The fourth-order valence-corrected chi connectivity index (χ4v) is 3.11. The van der Waals surface area contributed by atoms with Crippen molar-refractivity contribution in [3.05, 3.63) is 30.0 Å². The zero-order chi connectivity index (χ0) is 14.8. The van der Waals surface area contributed by atoms with Crippen molar-refractivity contribution in [1.82, 2.24) is 9.88 Å². The number of aliphatic hydroxyl groups excluding tert-OH is 1. The Balaban J connectivity index is 1.95. The lowest BCUT2D eigenvalue weighted by molar-refractivity contribution is 0.0602. The number of nitrogens with zero attached hydrogens (tertiary/aromatic N) is 1. The number of amides is 1. The molecule has 0 saturated carbocycles. The number of carbonyl (C=O) groups excluding carboxylic acids is 1. The van der Waals surface area contributed by atoms with Crippen LogP contribution in [0.15, 0.2) is 24.4 Å². The van der Waals surface area contributed by atoms with Gasteiger partial charge in [-0.3, -0.25) is 4.79 Å². The van der Waals surface area contributed by atoms with Crippen LogP contribution in [0.25, 0.3) is 10.9 Å². The molecular formula is C16H21N3O2. The van der Waals surface area contributed by atoms with Gasteiger partial charge in [-0.2, -0.15) is 0 Å². The first kappa shape index (κ1) is 13.9. The predicted molar refractivity (Wildman–Crippen MR) is 83.1 cm³/mol. The number of aromatic amines is 1. The number of nitrogens with two attached hydrogens (primary N) is 1. The number of carbonyl (C=O) groups is 1. The largest absolute Gasteiger partial charge is 0.399 e. The second-order valence-corrected chi connectivity index (χ2v) is 5.69. The SMILES string of the molecule is Nc1ccc2c(C(=O)N3CCCCCC3CO)c[nH]c2c1. The van der Waals surface area contributed by atoms with Crippen LogP contribution in [-0.2, 0) is 0 Å². The quantitative estimate of drug-likeness (QED) is 0.740. The summed E-state index contributed by atoms with van der Waals surface area (Å²) in [6, 6.07) is 5.44. The number of hydrogen-bond acceptors (Lipinski definition) is 3. The number of rotatable bonds is 2. The molecule has 1 amide bonds. The van der Waals surface area contributed by atoms with Gasteiger partial charge in [0.15, 0.2) is 0 Å². The van der Waals surface area contributed by atoms with Crippen molar-refractivity contribution in [3.8, 4) is 0 Å². The number of anilines is 1. The Bertz CT molecular complexity index is 650. The highest BCUT2D eigenvalue weighted by molar-refractivity contribution is 6.07. The second-order valence-electron chi connectivity index (χ2n) is 5.69. The molecular weight excluding hydrogens is 266 g/mol. The van der Waals surface area contributed by atoms with Crippen molar-refractivity contribution < 1.29 is 9.90 Å². The molecule has 3 rings (SSSR count). The highest BCUT2D eigenvalue weighted by Crippen LogP contribution is 2.25. The lowest BCUT2D eigenvalue weighted by Gasteiger charge is -2.28. The first-order valence-electron chi connectivity index (χ1n) is 7.49. The van der Waals surface area contributed by atoms with E-state index in [-0.39, 0.29) is 18.6 Å². The van der Waals surface area contributed by atoms with Crippen molar-refractivity contribution in [2.75, 3.05) is 18.9 Å². The smallest absolute Gasteiger partial charge is 0.256 e. The summed E-state index contributed by atoms with van der Waals surface area (Å²) in [5.41, 5.74) is 7.97. The molecule has 1 atom stereocenters. The molecule has 5 heteroatoms. The molecule has 0 spiro atoms. The van der Waals surface area contributed by atoms with Gasteiger partial charge in [-0.1, -0.05) is 12.8 Å². The number of hydrogen-bond donors (Lipinski definition) is 3. The van der Waals surface area contributed by atoms with Crippen LogP contribution in [0, 0.1) is 0 Å². The van der Waals surface area contributed by atoms with E-state index >= 15 is 0 Å². The van der Waals surface area contributed by atoms with Gasteiger partial charge < -0.3 is 20.7 Å². The maximum atomic E-state index is 12.8. The first-order valence-corrected chi connectivity index (χ1v) is 7.49. The van der Waals surface area contributed by atoms with Crippen molar-refractivity contribution in [2.24, 2.45) is 0 Å². The molecule has 5 nitrogen and oxygen atoms in total. The maximum absolute atomic E-state index is 12.8. The third kappa shape index (κ3) is 2.61. The van der Waals surface area contributed by atoms with Gasteiger partial charge in [0, 0.05) is 29.3 Å². The van der Waals surface area contributed by atoms with Crippen LogP contribution in [-0.4, -0.2) is 40.1 Å². The van der Waals surface area contributed by atoms with Crippen LogP contribution in [0.2, 0.25) is 0 Å². The minimum Gasteiger partial charge on any atom is -0.399 e. The summed E-state index contributed by atoms with van der Waals surface area (Å²) in [6.07, 6.45) is 5.80. The standard InChI is InChI=1S/C16H21N3O2/c17-11-5-6-13-14(9-18-15(13)8-11)16(21)19-7-3-1-2-4-12(19)10-20/h5-6,8-9,12,18,20H,1-4,7,10,17H2. The molecule has 0 radical (unpaired) electrons. The van der Waals surface area contributed by atoms with Gasteiger partial charge >= 0.3 is 0 Å². The number of nitrogen functional groups attached to an aromatic ring is 1. The Hall–Kier alpha value is -2.01. The average molecular weight is 287 g/mol. The molecule has 21 heavy (non-hydrogen) atoms. The van der Waals surface area contributed by atoms with E-state index in [1.54, 1.807) is 12.3 Å². The van der Waals surface area contributed by atoms with E-state index in [0.29, 0.717) is 17.8 Å². The van der Waals surface area contributed by atoms with E-state index in [0.717, 1.165) is 36.6 Å². The van der Waals surface area contributed by atoms with Crippen LogP contribution in [0.1, 0.15) is 36.0 Å². The average Bonchev–Trinajstić information content (AvgIpc) is 2.75. The van der Waals surface area contributed by atoms with E-state index in [1.165, 1.54) is 0 Å². The van der Waals surface area contributed by atoms with E-state index in [4.69, 9.17) is 5.73 Å². The van der Waals surface area contributed by atoms with E-state index < -0.39 is 0 Å². The Morgan fingerprint density at radius 1 is 1.38 bits per heavy atom. The maximum Gasteiger partial charge on any atom is 0.256 e. The zero-order valence-corrected chi connectivity index (χ0v) is 12.0. The molecule has 4 N–H and O–H groups in total. The van der Waals surface area contributed by atoms with Crippen LogP contribution in [0.3, 0.4) is 0 Å². The fourth-order valence-electron chi connectivity index (χ4n) is 3.11.